The van der Waals surface area contributed by atoms with Crippen molar-refractivity contribution in [2.24, 2.45) is 5.92 Å². The fourth-order valence-corrected chi connectivity index (χ4v) is 1.77. The quantitative estimate of drug-likeness (QED) is 0.814. The second-order valence-electron chi connectivity index (χ2n) is 5.36. The molecule has 0 unspecified atom stereocenters. The summed E-state index contributed by atoms with van der Waals surface area (Å²) in [6, 6.07) is 5.94. The third-order valence-electron chi connectivity index (χ3n) is 2.82. The molecule has 0 saturated heterocycles. The Hall–Kier alpha value is -1.88. The molecule has 5 heteroatoms. The van der Waals surface area contributed by atoms with Crippen LogP contribution in [0, 0.1) is 12.8 Å². The van der Waals surface area contributed by atoms with E-state index in [-0.39, 0.29) is 0 Å². The fourth-order valence-electron chi connectivity index (χ4n) is 1.77. The van der Waals surface area contributed by atoms with E-state index in [2.05, 4.69) is 40.4 Å². The molecule has 2 aromatic heterocycles. The summed E-state index contributed by atoms with van der Waals surface area (Å²) in [4.78, 5) is 4.40. The average molecular weight is 274 g/mol. The molecule has 2 N–H and O–H groups in total. The summed E-state index contributed by atoms with van der Waals surface area (Å²) in [6.07, 6.45) is 1.89. The molecule has 0 radical (unpaired) electrons. The highest BCUT2D eigenvalue weighted by Gasteiger charge is 2.01. The van der Waals surface area contributed by atoms with Gasteiger partial charge >= 0.3 is 0 Å². The summed E-state index contributed by atoms with van der Waals surface area (Å²) >= 11 is 0. The molecule has 20 heavy (non-hydrogen) atoms. The Kier molecular flexibility index (Phi) is 5.12. The zero-order valence-electron chi connectivity index (χ0n) is 12.3. The highest BCUT2D eigenvalue weighted by Crippen LogP contribution is 2.09. The third-order valence-corrected chi connectivity index (χ3v) is 2.82. The van der Waals surface area contributed by atoms with E-state index >= 15 is 0 Å². The van der Waals surface area contributed by atoms with Gasteiger partial charge < -0.3 is 10.1 Å². The molecule has 2 rings (SSSR count). The van der Waals surface area contributed by atoms with Gasteiger partial charge in [-0.3, -0.25) is 10.1 Å². The van der Waals surface area contributed by atoms with Crippen LogP contribution >= 0.6 is 0 Å². The lowest BCUT2D eigenvalue weighted by molar-refractivity contribution is 0.289. The Bertz CT molecular complexity index is 519. The van der Waals surface area contributed by atoms with Crippen LogP contribution in [0.5, 0.6) is 5.88 Å². The summed E-state index contributed by atoms with van der Waals surface area (Å²) in [5.41, 5.74) is 3.07. The van der Waals surface area contributed by atoms with Gasteiger partial charge in [-0.15, -0.1) is 5.10 Å². The maximum absolute atomic E-state index is 5.54. The molecule has 0 aliphatic heterocycles. The van der Waals surface area contributed by atoms with Gasteiger partial charge in [0, 0.05) is 24.5 Å². The van der Waals surface area contributed by atoms with Crippen LogP contribution in [0.1, 0.15) is 30.8 Å². The number of aromatic nitrogens is 3. The Morgan fingerprint density at radius 3 is 2.80 bits per heavy atom. The van der Waals surface area contributed by atoms with Gasteiger partial charge in [-0.1, -0.05) is 19.9 Å². The van der Waals surface area contributed by atoms with Crippen LogP contribution in [-0.2, 0) is 13.2 Å². The van der Waals surface area contributed by atoms with Crippen molar-refractivity contribution in [2.45, 2.75) is 33.9 Å². The highest BCUT2D eigenvalue weighted by atomic mass is 16.5. The minimum absolute atomic E-state index is 0.435. The maximum atomic E-state index is 5.54. The van der Waals surface area contributed by atoms with E-state index in [0.29, 0.717) is 18.4 Å². The van der Waals surface area contributed by atoms with Crippen LogP contribution in [-0.4, -0.2) is 21.7 Å². The molecule has 2 aromatic rings. The first-order valence-corrected chi connectivity index (χ1v) is 6.93. The van der Waals surface area contributed by atoms with Crippen molar-refractivity contribution in [3.8, 4) is 5.88 Å². The number of nitrogens with zero attached hydrogens (tertiary/aromatic N) is 2. The van der Waals surface area contributed by atoms with Crippen LogP contribution in [0.2, 0.25) is 0 Å². The topological polar surface area (TPSA) is 62.8 Å². The molecular weight excluding hydrogens is 252 g/mol. The van der Waals surface area contributed by atoms with Crippen LogP contribution in [0.25, 0.3) is 0 Å². The van der Waals surface area contributed by atoms with Gasteiger partial charge in [-0.2, -0.15) is 0 Å². The lowest BCUT2D eigenvalue weighted by atomic mass is 10.2. The van der Waals surface area contributed by atoms with Gasteiger partial charge in [0.25, 0.3) is 0 Å². The molecule has 0 spiro atoms. The van der Waals surface area contributed by atoms with E-state index in [9.17, 15) is 0 Å². The minimum Gasteiger partial charge on any atom is -0.470 e. The summed E-state index contributed by atoms with van der Waals surface area (Å²) in [5, 5.41) is 10.3. The molecule has 0 aliphatic carbocycles. The second kappa shape index (κ2) is 7.05. The van der Waals surface area contributed by atoms with Gasteiger partial charge in [0.05, 0.1) is 5.69 Å². The zero-order valence-corrected chi connectivity index (χ0v) is 12.3. The van der Waals surface area contributed by atoms with Crippen LogP contribution < -0.4 is 10.1 Å². The van der Waals surface area contributed by atoms with Crippen molar-refractivity contribution in [1.82, 2.24) is 20.5 Å². The smallest absolute Gasteiger partial charge is 0.233 e. The van der Waals surface area contributed by atoms with Crippen molar-refractivity contribution in [3.63, 3.8) is 0 Å². The van der Waals surface area contributed by atoms with Crippen molar-refractivity contribution in [1.29, 1.82) is 0 Å². The molecule has 0 aliphatic rings. The second-order valence-corrected chi connectivity index (χ2v) is 5.36. The van der Waals surface area contributed by atoms with E-state index in [1.807, 2.05) is 25.3 Å². The van der Waals surface area contributed by atoms with E-state index in [1.54, 1.807) is 0 Å². The van der Waals surface area contributed by atoms with E-state index in [1.165, 1.54) is 5.56 Å². The number of H-pyrrole nitrogens is 1. The Balaban J connectivity index is 1.79. The van der Waals surface area contributed by atoms with Crippen molar-refractivity contribution in [3.05, 3.63) is 41.3 Å². The van der Waals surface area contributed by atoms with Gasteiger partial charge in [0.2, 0.25) is 5.88 Å². The van der Waals surface area contributed by atoms with Gasteiger partial charge in [0.15, 0.2) is 0 Å². The number of rotatable bonds is 7. The molecular formula is C15H22N4O. The molecule has 5 nitrogen and oxygen atoms in total. The molecule has 0 atom stereocenters. The molecule has 0 fully saturated rings. The largest absolute Gasteiger partial charge is 0.470 e. The number of aryl methyl sites for hydroxylation is 1. The summed E-state index contributed by atoms with van der Waals surface area (Å²) < 4.78 is 5.54. The Morgan fingerprint density at radius 1 is 1.35 bits per heavy atom. The van der Waals surface area contributed by atoms with Crippen LogP contribution in [0.3, 0.4) is 0 Å². The van der Waals surface area contributed by atoms with Gasteiger partial charge in [0.1, 0.15) is 6.61 Å². The summed E-state index contributed by atoms with van der Waals surface area (Å²) in [7, 11) is 0. The fraction of sp³-hybridized carbons (Fsp3) is 0.467. The standard InChI is InChI=1S/C15H22N4O/c1-11(2)7-16-8-13-4-5-14(17-9-13)10-20-15-6-12(3)18-19-15/h4-6,9,11,16H,7-8,10H2,1-3H3,(H,18,19). The lowest BCUT2D eigenvalue weighted by Crippen LogP contribution is -2.19. The number of ether oxygens (including phenoxy) is 1. The normalized spacial score (nSPS) is 11.0. The SMILES string of the molecule is Cc1cc(OCc2ccc(CNCC(C)C)cn2)n[nH]1. The number of hydrogen-bond donors (Lipinski definition) is 2. The van der Waals surface area contributed by atoms with E-state index in [0.717, 1.165) is 24.5 Å². The molecule has 2 heterocycles. The molecule has 0 saturated carbocycles. The maximum Gasteiger partial charge on any atom is 0.233 e. The monoisotopic (exact) mass is 274 g/mol. The van der Waals surface area contributed by atoms with Crippen molar-refractivity contribution in [2.75, 3.05) is 6.54 Å². The first kappa shape index (κ1) is 14.5. The van der Waals surface area contributed by atoms with Gasteiger partial charge in [-0.05, 0) is 31.0 Å². The van der Waals surface area contributed by atoms with Crippen molar-refractivity contribution < 1.29 is 4.74 Å². The Morgan fingerprint density at radius 2 is 2.20 bits per heavy atom. The summed E-state index contributed by atoms with van der Waals surface area (Å²) in [5.74, 6) is 1.26. The molecule has 0 amide bonds. The highest BCUT2D eigenvalue weighted by molar-refractivity contribution is 5.15. The number of aromatic amines is 1. The predicted octanol–water partition coefficient (Wildman–Crippen LogP) is 2.44. The number of nitrogens with one attached hydrogen (secondary N) is 2. The minimum atomic E-state index is 0.435. The average Bonchev–Trinajstić information content (AvgIpc) is 2.83. The lowest BCUT2D eigenvalue weighted by Gasteiger charge is -2.08. The summed E-state index contributed by atoms with van der Waals surface area (Å²) in [6.45, 7) is 8.64. The van der Waals surface area contributed by atoms with Crippen LogP contribution in [0.4, 0.5) is 0 Å². The molecule has 0 bridgehead atoms. The number of pyridine rings is 1. The van der Waals surface area contributed by atoms with E-state index < -0.39 is 0 Å². The van der Waals surface area contributed by atoms with Crippen LogP contribution in [0.15, 0.2) is 24.4 Å². The zero-order chi connectivity index (χ0) is 14.4. The first-order valence-electron chi connectivity index (χ1n) is 6.93. The first-order chi connectivity index (χ1) is 9.63. The number of hydrogen-bond acceptors (Lipinski definition) is 4. The van der Waals surface area contributed by atoms with Crippen molar-refractivity contribution >= 4 is 0 Å². The molecule has 108 valence electrons. The van der Waals surface area contributed by atoms with E-state index in [4.69, 9.17) is 4.74 Å². The van der Waals surface area contributed by atoms with Gasteiger partial charge in [-0.25, -0.2) is 0 Å². The predicted molar refractivity (Wildman–Crippen MR) is 78.4 cm³/mol. The Labute approximate surface area is 119 Å². The molecule has 0 aromatic carbocycles. The third kappa shape index (κ3) is 4.66.